The van der Waals surface area contributed by atoms with Gasteiger partial charge in [0, 0.05) is 26.3 Å². The van der Waals surface area contributed by atoms with Gasteiger partial charge in [0.2, 0.25) is 5.91 Å². The summed E-state index contributed by atoms with van der Waals surface area (Å²) in [6, 6.07) is -0.193. The number of H-pyrrole nitrogens is 1. The second-order valence-electron chi connectivity index (χ2n) is 4.77. The van der Waals surface area contributed by atoms with E-state index in [1.165, 1.54) is 0 Å². The third-order valence-corrected chi connectivity index (χ3v) is 3.14. The Hall–Kier alpha value is -2.22. The van der Waals surface area contributed by atoms with Crippen molar-refractivity contribution in [3.05, 3.63) is 30.1 Å². The van der Waals surface area contributed by atoms with Crippen LogP contribution in [0.4, 0.5) is 0 Å². The number of aromatic amines is 1. The van der Waals surface area contributed by atoms with Crippen LogP contribution < -0.4 is 5.32 Å². The van der Waals surface area contributed by atoms with E-state index in [2.05, 4.69) is 25.7 Å². The van der Waals surface area contributed by atoms with Crippen LogP contribution in [-0.4, -0.2) is 44.6 Å². The lowest BCUT2D eigenvalue weighted by Gasteiger charge is -2.14. The number of hydrogen-bond acceptors (Lipinski definition) is 5. The van der Waals surface area contributed by atoms with Crippen LogP contribution in [0.25, 0.3) is 0 Å². The number of ether oxygens (including phenoxy) is 1. The third kappa shape index (κ3) is 4.38. The highest BCUT2D eigenvalue weighted by atomic mass is 16.5. The molecule has 0 saturated heterocycles. The first-order valence-corrected chi connectivity index (χ1v) is 6.84. The van der Waals surface area contributed by atoms with Gasteiger partial charge in [-0.1, -0.05) is 0 Å². The van der Waals surface area contributed by atoms with Crippen LogP contribution in [0, 0.1) is 0 Å². The van der Waals surface area contributed by atoms with E-state index < -0.39 is 0 Å². The maximum atomic E-state index is 11.9. The Morgan fingerprint density at radius 3 is 3.14 bits per heavy atom. The molecule has 8 heteroatoms. The maximum Gasteiger partial charge on any atom is 0.220 e. The Labute approximate surface area is 122 Å². The zero-order valence-electron chi connectivity index (χ0n) is 12.2. The van der Waals surface area contributed by atoms with Gasteiger partial charge in [0.25, 0.3) is 0 Å². The number of amides is 1. The summed E-state index contributed by atoms with van der Waals surface area (Å²) < 4.78 is 6.92. The van der Waals surface area contributed by atoms with Gasteiger partial charge < -0.3 is 14.6 Å². The summed E-state index contributed by atoms with van der Waals surface area (Å²) in [6.07, 6.45) is 6.22. The summed E-state index contributed by atoms with van der Waals surface area (Å²) in [5.74, 6) is 0.703. The minimum absolute atomic E-state index is 0.0232. The van der Waals surface area contributed by atoms with E-state index in [-0.39, 0.29) is 11.9 Å². The molecule has 2 heterocycles. The van der Waals surface area contributed by atoms with Crippen molar-refractivity contribution in [1.29, 1.82) is 0 Å². The number of carbonyl (C=O) groups excluding carboxylic acids is 1. The molecule has 2 rings (SSSR count). The summed E-state index contributed by atoms with van der Waals surface area (Å²) >= 11 is 0. The lowest BCUT2D eigenvalue weighted by atomic mass is 10.2. The molecule has 0 saturated carbocycles. The molecule has 1 unspecified atom stereocenters. The number of rotatable bonds is 8. The third-order valence-electron chi connectivity index (χ3n) is 3.14. The Balaban J connectivity index is 1.84. The SMILES string of the molecule is COCCn1cnnc1C(C)NC(=O)CCc1cn[nH]c1. The second-order valence-corrected chi connectivity index (χ2v) is 4.77. The zero-order valence-corrected chi connectivity index (χ0v) is 12.2. The molecular weight excluding hydrogens is 272 g/mol. The molecular formula is C13H20N6O2. The van der Waals surface area contributed by atoms with Gasteiger partial charge in [0.1, 0.15) is 6.33 Å². The molecule has 8 nitrogen and oxygen atoms in total. The van der Waals surface area contributed by atoms with Gasteiger partial charge in [-0.2, -0.15) is 5.10 Å². The van der Waals surface area contributed by atoms with Crippen LogP contribution in [0.3, 0.4) is 0 Å². The van der Waals surface area contributed by atoms with E-state index >= 15 is 0 Å². The first-order valence-electron chi connectivity index (χ1n) is 6.84. The molecule has 2 N–H and O–H groups in total. The number of carbonyl (C=O) groups is 1. The minimum atomic E-state index is -0.193. The molecule has 0 spiro atoms. The van der Waals surface area contributed by atoms with Crippen molar-refractivity contribution >= 4 is 5.91 Å². The van der Waals surface area contributed by atoms with Gasteiger partial charge in [-0.05, 0) is 18.9 Å². The minimum Gasteiger partial charge on any atom is -0.383 e. The van der Waals surface area contributed by atoms with Gasteiger partial charge in [-0.15, -0.1) is 10.2 Å². The average Bonchev–Trinajstić information content (AvgIpc) is 3.14. The summed E-state index contributed by atoms with van der Waals surface area (Å²) in [7, 11) is 1.64. The largest absolute Gasteiger partial charge is 0.383 e. The topological polar surface area (TPSA) is 97.7 Å². The Morgan fingerprint density at radius 1 is 1.57 bits per heavy atom. The standard InChI is InChI=1S/C13H20N6O2/c1-10(13-18-16-9-19(13)5-6-21-2)17-12(20)4-3-11-7-14-15-8-11/h7-10H,3-6H2,1-2H3,(H,14,15)(H,17,20). The molecule has 0 bridgehead atoms. The van der Waals surface area contributed by atoms with Crippen molar-refractivity contribution in [3.63, 3.8) is 0 Å². The van der Waals surface area contributed by atoms with Crippen molar-refractivity contribution in [1.82, 2.24) is 30.3 Å². The van der Waals surface area contributed by atoms with Gasteiger partial charge in [-0.3, -0.25) is 9.89 Å². The highest BCUT2D eigenvalue weighted by Gasteiger charge is 2.15. The number of nitrogens with one attached hydrogen (secondary N) is 2. The van der Waals surface area contributed by atoms with Crippen LogP contribution >= 0.6 is 0 Å². The fourth-order valence-electron chi connectivity index (χ4n) is 2.01. The molecule has 2 aromatic heterocycles. The molecule has 1 amide bonds. The molecule has 21 heavy (non-hydrogen) atoms. The molecule has 0 fully saturated rings. The van der Waals surface area contributed by atoms with Crippen LogP contribution in [0.2, 0.25) is 0 Å². The van der Waals surface area contributed by atoms with E-state index in [1.807, 2.05) is 11.5 Å². The van der Waals surface area contributed by atoms with Crippen LogP contribution in [0.1, 0.15) is 30.8 Å². The van der Waals surface area contributed by atoms with Crippen LogP contribution in [0.15, 0.2) is 18.7 Å². The smallest absolute Gasteiger partial charge is 0.220 e. The van der Waals surface area contributed by atoms with Crippen molar-refractivity contribution in [3.8, 4) is 0 Å². The first-order chi connectivity index (χ1) is 10.2. The zero-order chi connectivity index (χ0) is 15.1. The van der Waals surface area contributed by atoms with Gasteiger partial charge >= 0.3 is 0 Å². The Morgan fingerprint density at radius 2 is 2.43 bits per heavy atom. The lowest BCUT2D eigenvalue weighted by Crippen LogP contribution is -2.29. The second kappa shape index (κ2) is 7.53. The average molecular weight is 292 g/mol. The Bertz CT molecular complexity index is 551. The van der Waals surface area contributed by atoms with E-state index in [4.69, 9.17) is 4.74 Å². The lowest BCUT2D eigenvalue weighted by molar-refractivity contribution is -0.121. The summed E-state index contributed by atoms with van der Waals surface area (Å²) in [6.45, 7) is 3.13. The number of aryl methyl sites for hydroxylation is 1. The van der Waals surface area contributed by atoms with Gasteiger partial charge in [-0.25, -0.2) is 0 Å². The van der Waals surface area contributed by atoms with Gasteiger partial charge in [0.15, 0.2) is 5.82 Å². The summed E-state index contributed by atoms with van der Waals surface area (Å²) in [4.78, 5) is 11.9. The monoisotopic (exact) mass is 292 g/mol. The summed E-state index contributed by atoms with van der Waals surface area (Å²) in [5.41, 5.74) is 1.01. The fourth-order valence-corrected chi connectivity index (χ4v) is 2.01. The van der Waals surface area contributed by atoms with Crippen molar-refractivity contribution < 1.29 is 9.53 Å². The van der Waals surface area contributed by atoms with Crippen LogP contribution in [-0.2, 0) is 22.5 Å². The Kier molecular flexibility index (Phi) is 5.44. The van der Waals surface area contributed by atoms with E-state index in [0.29, 0.717) is 26.0 Å². The van der Waals surface area contributed by atoms with Crippen LogP contribution in [0.5, 0.6) is 0 Å². The fraction of sp³-hybridized carbons (Fsp3) is 0.538. The van der Waals surface area contributed by atoms with Crippen molar-refractivity contribution in [2.75, 3.05) is 13.7 Å². The molecule has 0 aromatic carbocycles. The number of hydrogen-bond donors (Lipinski definition) is 2. The number of aromatic nitrogens is 5. The highest BCUT2D eigenvalue weighted by molar-refractivity contribution is 5.76. The van der Waals surface area contributed by atoms with E-state index in [0.717, 1.165) is 11.4 Å². The van der Waals surface area contributed by atoms with E-state index in [1.54, 1.807) is 25.8 Å². The molecule has 114 valence electrons. The number of methoxy groups -OCH3 is 1. The summed E-state index contributed by atoms with van der Waals surface area (Å²) in [5, 5.41) is 17.5. The quantitative estimate of drug-likeness (QED) is 0.736. The molecule has 0 aliphatic heterocycles. The molecule has 2 aromatic rings. The molecule has 0 aliphatic rings. The number of nitrogens with zero attached hydrogens (tertiary/aromatic N) is 4. The first kappa shape index (κ1) is 15.2. The maximum absolute atomic E-state index is 11.9. The molecule has 0 aliphatic carbocycles. The predicted molar refractivity (Wildman–Crippen MR) is 75.4 cm³/mol. The van der Waals surface area contributed by atoms with Crippen molar-refractivity contribution in [2.45, 2.75) is 32.4 Å². The van der Waals surface area contributed by atoms with Gasteiger partial charge in [0.05, 0.1) is 18.8 Å². The van der Waals surface area contributed by atoms with Crippen molar-refractivity contribution in [2.24, 2.45) is 0 Å². The predicted octanol–water partition coefficient (Wildman–Crippen LogP) is 0.458. The normalized spacial score (nSPS) is 12.3. The highest BCUT2D eigenvalue weighted by Crippen LogP contribution is 2.09. The molecule has 0 radical (unpaired) electrons. The van der Waals surface area contributed by atoms with E-state index in [9.17, 15) is 4.79 Å². The molecule has 1 atom stereocenters.